The first-order chi connectivity index (χ1) is 17.2. The number of morpholine rings is 1. The third-order valence-corrected chi connectivity index (χ3v) is 6.74. The summed E-state index contributed by atoms with van der Waals surface area (Å²) in [6.45, 7) is 3.85. The Hall–Kier alpha value is -2.87. The number of hydrogen-bond acceptors (Lipinski definition) is 5. The molecule has 2 atom stereocenters. The van der Waals surface area contributed by atoms with Crippen molar-refractivity contribution in [2.75, 3.05) is 33.4 Å². The van der Waals surface area contributed by atoms with Gasteiger partial charge in [0.2, 0.25) is 0 Å². The minimum absolute atomic E-state index is 0.0700. The van der Waals surface area contributed by atoms with E-state index in [0.717, 1.165) is 38.2 Å². The molecule has 3 aromatic rings. The van der Waals surface area contributed by atoms with Crippen LogP contribution in [0.2, 0.25) is 0 Å². The van der Waals surface area contributed by atoms with Crippen molar-refractivity contribution in [1.29, 1.82) is 0 Å². The van der Waals surface area contributed by atoms with Gasteiger partial charge in [0.1, 0.15) is 24.6 Å². The number of carbonyl (C=O) groups is 1. The number of fused-ring (bicyclic) bond motifs is 1. The van der Waals surface area contributed by atoms with Crippen LogP contribution >= 0.6 is 0 Å². The topological polar surface area (TPSA) is 65.0 Å². The number of rotatable bonds is 11. The molecule has 0 radical (unpaired) electrons. The standard InChI is InChI=1S/C28H35N3O4/c1-33-15-7-14-30-18-21(25-10-5-6-11-26(25)30)19-31(22-12-13-22)28(32)27-17-29-16-24(35-27)20-34-23-8-3-2-4-9-23/h2-6,8-11,18,22,24,27,29H,7,12-17,19-20H2,1H3/t24-,27+/m0/s1. The lowest BCUT2D eigenvalue weighted by Gasteiger charge is -2.33. The molecule has 186 valence electrons. The van der Waals surface area contributed by atoms with Gasteiger partial charge in [-0.1, -0.05) is 36.4 Å². The zero-order valence-electron chi connectivity index (χ0n) is 20.4. The molecular weight excluding hydrogens is 442 g/mol. The highest BCUT2D eigenvalue weighted by molar-refractivity contribution is 5.86. The molecule has 7 heteroatoms. The van der Waals surface area contributed by atoms with Crippen molar-refractivity contribution in [3.63, 3.8) is 0 Å². The third kappa shape index (κ3) is 5.86. The van der Waals surface area contributed by atoms with Gasteiger partial charge in [0.15, 0.2) is 0 Å². The van der Waals surface area contributed by atoms with E-state index in [1.165, 1.54) is 16.5 Å². The van der Waals surface area contributed by atoms with Crippen molar-refractivity contribution >= 4 is 16.8 Å². The molecule has 1 aliphatic carbocycles. The van der Waals surface area contributed by atoms with E-state index in [1.807, 2.05) is 35.2 Å². The molecule has 1 aliphatic heterocycles. The highest BCUT2D eigenvalue weighted by Crippen LogP contribution is 2.32. The van der Waals surface area contributed by atoms with E-state index in [2.05, 4.69) is 40.3 Å². The summed E-state index contributed by atoms with van der Waals surface area (Å²) in [6, 6.07) is 18.5. The Kier molecular flexibility index (Phi) is 7.66. The quantitative estimate of drug-likeness (QED) is 0.428. The van der Waals surface area contributed by atoms with Crippen LogP contribution in [0.1, 0.15) is 24.8 Å². The van der Waals surface area contributed by atoms with Crippen molar-refractivity contribution in [2.24, 2.45) is 0 Å². The summed E-state index contributed by atoms with van der Waals surface area (Å²) >= 11 is 0. The van der Waals surface area contributed by atoms with Crippen LogP contribution in [0, 0.1) is 0 Å². The molecule has 1 saturated heterocycles. The summed E-state index contributed by atoms with van der Waals surface area (Å²) in [4.78, 5) is 15.7. The van der Waals surface area contributed by atoms with Gasteiger partial charge >= 0.3 is 0 Å². The molecule has 1 saturated carbocycles. The number of carbonyl (C=O) groups excluding carboxylic acids is 1. The van der Waals surface area contributed by atoms with Crippen LogP contribution in [0.3, 0.4) is 0 Å². The lowest BCUT2D eigenvalue weighted by Crippen LogP contribution is -2.54. The number of aromatic nitrogens is 1. The van der Waals surface area contributed by atoms with Gasteiger partial charge in [0.05, 0.1) is 0 Å². The molecule has 1 amide bonds. The Morgan fingerprint density at radius 2 is 1.91 bits per heavy atom. The molecule has 2 aromatic carbocycles. The summed E-state index contributed by atoms with van der Waals surface area (Å²) in [7, 11) is 1.73. The minimum Gasteiger partial charge on any atom is -0.491 e. The van der Waals surface area contributed by atoms with Crippen molar-refractivity contribution in [2.45, 2.75) is 50.6 Å². The van der Waals surface area contributed by atoms with Crippen LogP contribution in [-0.4, -0.2) is 67.0 Å². The van der Waals surface area contributed by atoms with Crippen LogP contribution in [0.15, 0.2) is 60.8 Å². The van der Waals surface area contributed by atoms with E-state index in [-0.39, 0.29) is 12.0 Å². The maximum Gasteiger partial charge on any atom is 0.253 e. The first-order valence-corrected chi connectivity index (χ1v) is 12.6. The summed E-state index contributed by atoms with van der Waals surface area (Å²) in [5.41, 5.74) is 2.39. The molecule has 2 fully saturated rings. The zero-order chi connectivity index (χ0) is 24.0. The van der Waals surface area contributed by atoms with Crippen molar-refractivity contribution < 1.29 is 19.0 Å². The number of para-hydroxylation sites is 2. The minimum atomic E-state index is -0.497. The average Bonchev–Trinajstić information content (AvgIpc) is 3.69. The number of amides is 1. The van der Waals surface area contributed by atoms with Gasteiger partial charge in [-0.05, 0) is 43.0 Å². The molecule has 0 unspecified atom stereocenters. The van der Waals surface area contributed by atoms with Gasteiger partial charge in [0.25, 0.3) is 5.91 Å². The highest BCUT2D eigenvalue weighted by Gasteiger charge is 2.38. The number of nitrogens with one attached hydrogen (secondary N) is 1. The van der Waals surface area contributed by atoms with Gasteiger partial charge in [-0.15, -0.1) is 0 Å². The van der Waals surface area contributed by atoms with Crippen molar-refractivity contribution in [3.8, 4) is 5.75 Å². The molecule has 7 nitrogen and oxygen atoms in total. The number of hydrogen-bond donors (Lipinski definition) is 1. The smallest absolute Gasteiger partial charge is 0.253 e. The Morgan fingerprint density at radius 1 is 1.11 bits per heavy atom. The van der Waals surface area contributed by atoms with Crippen LogP contribution in [0.4, 0.5) is 0 Å². The normalized spacial score (nSPS) is 20.1. The Morgan fingerprint density at radius 3 is 2.71 bits per heavy atom. The Balaban J connectivity index is 1.27. The van der Waals surface area contributed by atoms with Gasteiger partial charge in [-0.3, -0.25) is 4.79 Å². The van der Waals surface area contributed by atoms with Crippen LogP contribution in [-0.2, 0) is 27.4 Å². The average molecular weight is 478 g/mol. The Bertz CT molecular complexity index is 1110. The maximum atomic E-state index is 13.7. The van der Waals surface area contributed by atoms with E-state index in [0.29, 0.717) is 32.3 Å². The summed E-state index contributed by atoms with van der Waals surface area (Å²) in [6.07, 6.45) is 4.61. The third-order valence-electron chi connectivity index (χ3n) is 6.74. The highest BCUT2D eigenvalue weighted by atomic mass is 16.5. The fourth-order valence-corrected chi connectivity index (χ4v) is 4.81. The van der Waals surface area contributed by atoms with E-state index in [1.54, 1.807) is 7.11 Å². The first kappa shape index (κ1) is 23.9. The molecule has 1 aromatic heterocycles. The van der Waals surface area contributed by atoms with Crippen molar-refractivity contribution in [3.05, 3.63) is 66.4 Å². The molecule has 2 aliphatic rings. The lowest BCUT2D eigenvalue weighted by molar-refractivity contribution is -0.153. The first-order valence-electron chi connectivity index (χ1n) is 12.6. The second-order valence-electron chi connectivity index (χ2n) is 9.44. The second-order valence-corrected chi connectivity index (χ2v) is 9.44. The van der Waals surface area contributed by atoms with Crippen molar-refractivity contribution in [1.82, 2.24) is 14.8 Å². The number of nitrogens with zero attached hydrogens (tertiary/aromatic N) is 2. The number of benzene rings is 2. The number of aryl methyl sites for hydroxylation is 1. The summed E-state index contributed by atoms with van der Waals surface area (Å²) in [5.74, 6) is 0.881. The Labute approximate surface area is 206 Å². The number of ether oxygens (including phenoxy) is 3. The van der Waals surface area contributed by atoms with E-state index < -0.39 is 6.10 Å². The van der Waals surface area contributed by atoms with Gasteiger partial charge in [0, 0.05) is 63.0 Å². The number of methoxy groups -OCH3 is 1. The van der Waals surface area contributed by atoms with E-state index in [4.69, 9.17) is 14.2 Å². The molecular formula is C28H35N3O4. The predicted molar refractivity (Wildman–Crippen MR) is 135 cm³/mol. The molecule has 35 heavy (non-hydrogen) atoms. The maximum absolute atomic E-state index is 13.7. The molecule has 0 spiro atoms. The fraction of sp³-hybridized carbons (Fsp3) is 0.464. The summed E-state index contributed by atoms with van der Waals surface area (Å²) in [5, 5.41) is 4.58. The molecule has 1 N–H and O–H groups in total. The fourth-order valence-electron chi connectivity index (χ4n) is 4.81. The second kappa shape index (κ2) is 11.2. The lowest BCUT2D eigenvalue weighted by atomic mass is 10.1. The molecule has 2 heterocycles. The van der Waals surface area contributed by atoms with Crippen LogP contribution in [0.25, 0.3) is 10.9 Å². The zero-order valence-corrected chi connectivity index (χ0v) is 20.4. The van der Waals surface area contributed by atoms with Crippen LogP contribution < -0.4 is 10.1 Å². The molecule has 0 bridgehead atoms. The monoisotopic (exact) mass is 477 g/mol. The summed E-state index contributed by atoms with van der Waals surface area (Å²) < 4.78 is 19.6. The largest absolute Gasteiger partial charge is 0.491 e. The van der Waals surface area contributed by atoms with Crippen LogP contribution in [0.5, 0.6) is 5.75 Å². The SMILES string of the molecule is COCCCn1cc(CN(C(=O)[C@H]2CNC[C@@H](COc3ccccc3)O2)C2CC2)c2ccccc21. The predicted octanol–water partition coefficient (Wildman–Crippen LogP) is 3.60. The van der Waals surface area contributed by atoms with E-state index in [9.17, 15) is 4.79 Å². The van der Waals surface area contributed by atoms with Gasteiger partial charge in [-0.2, -0.15) is 0 Å². The van der Waals surface area contributed by atoms with Gasteiger partial charge in [-0.25, -0.2) is 0 Å². The van der Waals surface area contributed by atoms with E-state index >= 15 is 0 Å². The molecule has 5 rings (SSSR count). The van der Waals surface area contributed by atoms with Gasteiger partial charge < -0.3 is 29.0 Å².